The molecule has 5 aromatic heterocycles. The number of hydrogen-bond donors (Lipinski definition) is 3. The molecule has 0 spiro atoms. The monoisotopic (exact) mass is 341 g/mol. The van der Waals surface area contributed by atoms with Gasteiger partial charge in [0.2, 0.25) is 0 Å². The zero-order valence-corrected chi connectivity index (χ0v) is 13.0. The van der Waals surface area contributed by atoms with Crippen molar-refractivity contribution >= 4 is 43.2 Å². The first kappa shape index (κ1) is 12.7. The first-order chi connectivity index (χ1) is 11.3. The lowest BCUT2D eigenvalue weighted by atomic mass is 10.1. The molecule has 0 unspecified atom stereocenters. The number of thiazole rings is 2. The quantitative estimate of drug-likeness (QED) is 0.456. The summed E-state index contributed by atoms with van der Waals surface area (Å²) in [6.45, 7) is 0. The van der Waals surface area contributed by atoms with Crippen molar-refractivity contribution in [1.82, 2.24) is 35.3 Å². The zero-order valence-electron chi connectivity index (χ0n) is 11.3. The van der Waals surface area contributed by atoms with Crippen LogP contribution in [0.5, 0.6) is 0 Å². The minimum absolute atomic E-state index is 0.0970. The molecule has 5 aromatic rings. The van der Waals surface area contributed by atoms with Crippen LogP contribution in [-0.4, -0.2) is 35.3 Å². The van der Waals surface area contributed by atoms with Gasteiger partial charge in [0, 0.05) is 28.9 Å². The highest BCUT2D eigenvalue weighted by molar-refractivity contribution is 7.27. The molecule has 0 radical (unpaired) electrons. The maximum atomic E-state index is 11.3. The molecule has 0 aliphatic rings. The molecule has 23 heavy (non-hydrogen) atoms. The Morgan fingerprint density at radius 2 is 2.04 bits per heavy atom. The van der Waals surface area contributed by atoms with E-state index in [0.29, 0.717) is 4.83 Å². The molecule has 0 atom stereocenters. The second kappa shape index (κ2) is 4.57. The zero-order chi connectivity index (χ0) is 15.4. The summed E-state index contributed by atoms with van der Waals surface area (Å²) in [4.78, 5) is 24.5. The van der Waals surface area contributed by atoms with Gasteiger partial charge in [-0.25, -0.2) is 4.98 Å². The van der Waals surface area contributed by atoms with Crippen molar-refractivity contribution < 1.29 is 0 Å². The summed E-state index contributed by atoms with van der Waals surface area (Å²) in [6.07, 6.45) is 7.11. The van der Waals surface area contributed by atoms with Crippen LogP contribution in [0.1, 0.15) is 0 Å². The van der Waals surface area contributed by atoms with Crippen LogP contribution in [0, 0.1) is 0 Å². The Balaban J connectivity index is 1.76. The molecule has 10 heteroatoms. The van der Waals surface area contributed by atoms with E-state index in [1.165, 1.54) is 11.3 Å². The summed E-state index contributed by atoms with van der Waals surface area (Å²) in [5.74, 6) is 0. The fraction of sp³-hybridized carbons (Fsp3) is 0. The molecule has 112 valence electrons. The largest absolute Gasteiger partial charge is 0.307 e. The molecule has 0 aliphatic carbocycles. The van der Waals surface area contributed by atoms with Gasteiger partial charge in [0.25, 0.3) is 0 Å². The first-order valence-corrected chi connectivity index (χ1v) is 8.24. The Hall–Kier alpha value is -2.85. The molecular formula is C13H7N7OS2. The van der Waals surface area contributed by atoms with Crippen LogP contribution >= 0.6 is 22.7 Å². The summed E-state index contributed by atoms with van der Waals surface area (Å²) in [7, 11) is 0. The Morgan fingerprint density at radius 3 is 2.87 bits per heavy atom. The molecule has 0 bridgehead atoms. The molecule has 5 rings (SSSR count). The molecule has 8 nitrogen and oxygen atoms in total. The normalized spacial score (nSPS) is 11.7. The second-order valence-corrected chi connectivity index (χ2v) is 6.79. The van der Waals surface area contributed by atoms with Gasteiger partial charge >= 0.3 is 4.87 Å². The number of aromatic amines is 3. The van der Waals surface area contributed by atoms with Crippen LogP contribution in [0.4, 0.5) is 0 Å². The van der Waals surface area contributed by atoms with Gasteiger partial charge in [-0.1, -0.05) is 22.7 Å². The van der Waals surface area contributed by atoms with Crippen molar-refractivity contribution in [2.45, 2.75) is 0 Å². The number of aromatic nitrogens is 7. The van der Waals surface area contributed by atoms with E-state index < -0.39 is 0 Å². The standard InChI is InChI=1S/C13H7N7OS2/c21-13-19-12-11(23-13)18-10(22-12)9-8-7(4-17-20-8)6(3-14-9)5-1-15-16-2-5/h1-4H,(H,15,16)(H,17,20)(H,19,21). The number of nitrogens with one attached hydrogen (secondary N) is 3. The summed E-state index contributed by atoms with van der Waals surface area (Å²) >= 11 is 2.51. The minimum atomic E-state index is -0.0970. The highest BCUT2D eigenvalue weighted by atomic mass is 32.1. The summed E-state index contributed by atoms with van der Waals surface area (Å²) in [5, 5.41) is 15.6. The Labute approximate surface area is 135 Å². The molecule has 3 N–H and O–H groups in total. The van der Waals surface area contributed by atoms with Gasteiger partial charge < -0.3 is 4.98 Å². The maximum absolute atomic E-state index is 11.3. The lowest BCUT2D eigenvalue weighted by molar-refractivity contribution is 1.09. The highest BCUT2D eigenvalue weighted by Crippen LogP contribution is 2.35. The Kier molecular flexibility index (Phi) is 2.52. The molecule has 5 heterocycles. The van der Waals surface area contributed by atoms with Gasteiger partial charge in [-0.05, 0) is 0 Å². The molecule has 0 amide bonds. The Bertz CT molecular complexity index is 1160. The summed E-state index contributed by atoms with van der Waals surface area (Å²) in [5.41, 5.74) is 3.42. The van der Waals surface area contributed by atoms with Crippen LogP contribution in [0.3, 0.4) is 0 Å². The molecular weight excluding hydrogens is 334 g/mol. The smallest absolute Gasteiger partial charge is 0.302 e. The third kappa shape index (κ3) is 1.85. The van der Waals surface area contributed by atoms with E-state index in [2.05, 4.69) is 35.3 Å². The third-order valence-corrected chi connectivity index (χ3v) is 5.38. The molecule has 0 fully saturated rings. The molecule has 0 saturated heterocycles. The van der Waals surface area contributed by atoms with Gasteiger partial charge in [-0.15, -0.1) is 0 Å². The van der Waals surface area contributed by atoms with E-state index in [1.807, 2.05) is 6.20 Å². The van der Waals surface area contributed by atoms with Gasteiger partial charge in [0.05, 0.1) is 17.9 Å². The van der Waals surface area contributed by atoms with Crippen molar-refractivity contribution in [3.8, 4) is 21.8 Å². The fourth-order valence-electron chi connectivity index (χ4n) is 2.49. The molecule has 0 aliphatic heterocycles. The van der Waals surface area contributed by atoms with E-state index in [9.17, 15) is 4.79 Å². The van der Waals surface area contributed by atoms with Crippen LogP contribution in [0.2, 0.25) is 0 Å². The van der Waals surface area contributed by atoms with Crippen molar-refractivity contribution in [3.63, 3.8) is 0 Å². The summed E-state index contributed by atoms with van der Waals surface area (Å²) in [6, 6.07) is 0. The van der Waals surface area contributed by atoms with E-state index in [-0.39, 0.29) is 4.87 Å². The average Bonchev–Trinajstić information content (AvgIpc) is 3.29. The average molecular weight is 341 g/mol. The number of pyridine rings is 1. The number of hydrogen-bond acceptors (Lipinski definition) is 7. The molecule has 0 saturated carbocycles. The molecule has 0 aromatic carbocycles. The number of rotatable bonds is 2. The SMILES string of the molecule is O=c1[nH]c2sc(-c3ncc(-c4cn[nH]c4)c4cn[nH]c34)nc2s1. The predicted octanol–water partition coefficient (Wildman–Crippen LogP) is 2.37. The van der Waals surface area contributed by atoms with Gasteiger partial charge in [0.1, 0.15) is 15.5 Å². The highest BCUT2D eigenvalue weighted by Gasteiger charge is 2.17. The van der Waals surface area contributed by atoms with Crippen LogP contribution < -0.4 is 4.87 Å². The van der Waals surface area contributed by atoms with Crippen LogP contribution in [0.15, 0.2) is 29.6 Å². The third-order valence-electron chi connectivity index (χ3n) is 3.50. The van der Waals surface area contributed by atoms with Gasteiger partial charge in [-0.3, -0.25) is 20.0 Å². The van der Waals surface area contributed by atoms with E-state index in [0.717, 1.165) is 48.9 Å². The number of fused-ring (bicyclic) bond motifs is 2. The topological polar surface area (TPSA) is 116 Å². The van der Waals surface area contributed by atoms with Gasteiger partial charge in [-0.2, -0.15) is 10.2 Å². The van der Waals surface area contributed by atoms with Crippen LogP contribution in [-0.2, 0) is 0 Å². The maximum Gasteiger partial charge on any atom is 0.307 e. The van der Waals surface area contributed by atoms with E-state index >= 15 is 0 Å². The van der Waals surface area contributed by atoms with Gasteiger partial charge in [0.15, 0.2) is 4.83 Å². The fourth-order valence-corrected chi connectivity index (χ4v) is 4.33. The Morgan fingerprint density at radius 1 is 1.09 bits per heavy atom. The first-order valence-electron chi connectivity index (χ1n) is 6.61. The predicted molar refractivity (Wildman–Crippen MR) is 88.6 cm³/mol. The minimum Gasteiger partial charge on any atom is -0.302 e. The second-order valence-electron chi connectivity index (χ2n) is 4.83. The van der Waals surface area contributed by atoms with Crippen molar-refractivity contribution in [3.05, 3.63) is 34.5 Å². The number of H-pyrrole nitrogens is 3. The van der Waals surface area contributed by atoms with E-state index in [1.54, 1.807) is 18.6 Å². The lowest BCUT2D eigenvalue weighted by Crippen LogP contribution is -1.90. The van der Waals surface area contributed by atoms with Crippen molar-refractivity contribution in [2.75, 3.05) is 0 Å². The van der Waals surface area contributed by atoms with Crippen molar-refractivity contribution in [1.29, 1.82) is 0 Å². The van der Waals surface area contributed by atoms with E-state index in [4.69, 9.17) is 0 Å². The number of nitrogens with zero attached hydrogens (tertiary/aromatic N) is 4. The van der Waals surface area contributed by atoms with Crippen LogP contribution in [0.25, 0.3) is 42.4 Å². The lowest BCUT2D eigenvalue weighted by Gasteiger charge is -2.02. The van der Waals surface area contributed by atoms with Crippen molar-refractivity contribution in [2.24, 2.45) is 0 Å². The summed E-state index contributed by atoms with van der Waals surface area (Å²) < 4.78 is 0.